The van der Waals surface area contributed by atoms with E-state index in [0.29, 0.717) is 19.4 Å². The molecule has 2 aliphatic heterocycles. The quantitative estimate of drug-likeness (QED) is 0.535. The average Bonchev–Trinajstić information content (AvgIpc) is 3.37. The Morgan fingerprint density at radius 3 is 2.34 bits per heavy atom. The Morgan fingerprint density at radius 1 is 0.875 bits per heavy atom. The molecule has 1 amide bonds. The topological polar surface area (TPSA) is 42.0 Å². The summed E-state index contributed by atoms with van der Waals surface area (Å²) in [7, 11) is 2.09. The number of benzene rings is 3. The van der Waals surface area contributed by atoms with Crippen molar-refractivity contribution < 1.29 is 14.3 Å². The minimum absolute atomic E-state index is 0.147. The molecule has 0 fully saturated rings. The van der Waals surface area contributed by atoms with Crippen LogP contribution in [0.5, 0.6) is 0 Å². The molecule has 0 radical (unpaired) electrons. The average molecular weight is 427 g/mol. The molecule has 0 unspecified atom stereocenters. The molecular formula is C27H26N2O3. The Balaban J connectivity index is 1.32. The van der Waals surface area contributed by atoms with Crippen LogP contribution in [0.2, 0.25) is 0 Å². The van der Waals surface area contributed by atoms with Gasteiger partial charge in [-0.3, -0.25) is 4.79 Å². The van der Waals surface area contributed by atoms with E-state index in [1.165, 1.54) is 11.3 Å². The molecule has 2 aliphatic rings. The van der Waals surface area contributed by atoms with E-state index >= 15 is 0 Å². The fraction of sp³-hybridized carbons (Fsp3) is 0.222. The minimum Gasteiger partial charge on any atom is -0.455 e. The minimum atomic E-state index is -0.430. The standard InChI is InChI=1S/C27H26N2O3/c1-28(22-6-3-2-4-7-22)18-20-10-12-21(13-11-20)19-29-25-9-5-8-24(27-31-16-17-32-27)23(25)14-15-26(29)30/h2-13,16-17,27H,14-15,18-19H2,1H3. The largest absolute Gasteiger partial charge is 0.455 e. The summed E-state index contributed by atoms with van der Waals surface area (Å²) in [6.07, 6.45) is 3.89. The Labute approximate surface area is 188 Å². The maximum Gasteiger partial charge on any atom is 0.266 e. The van der Waals surface area contributed by atoms with Crippen molar-refractivity contribution in [3.63, 3.8) is 0 Å². The van der Waals surface area contributed by atoms with Crippen LogP contribution < -0.4 is 9.80 Å². The van der Waals surface area contributed by atoms with Crippen molar-refractivity contribution in [2.45, 2.75) is 32.2 Å². The normalized spacial score (nSPS) is 15.3. The number of anilines is 2. The van der Waals surface area contributed by atoms with Crippen molar-refractivity contribution in [2.75, 3.05) is 16.8 Å². The smallest absolute Gasteiger partial charge is 0.266 e. The zero-order valence-corrected chi connectivity index (χ0v) is 18.1. The molecule has 2 heterocycles. The predicted octanol–water partition coefficient (Wildman–Crippen LogP) is 5.32. The number of nitrogens with zero attached hydrogens (tertiary/aromatic N) is 2. The van der Waals surface area contributed by atoms with Crippen LogP contribution in [0.1, 0.15) is 35.0 Å². The van der Waals surface area contributed by atoms with Gasteiger partial charge in [0.1, 0.15) is 12.5 Å². The second kappa shape index (κ2) is 8.79. The highest BCUT2D eigenvalue weighted by molar-refractivity contribution is 5.96. The SMILES string of the molecule is CN(Cc1ccc(CN2C(=O)CCc3c(C4OC=CO4)cccc32)cc1)c1ccccc1. The van der Waals surface area contributed by atoms with Crippen molar-refractivity contribution in [3.8, 4) is 0 Å². The van der Waals surface area contributed by atoms with Gasteiger partial charge in [0.15, 0.2) is 0 Å². The molecule has 0 spiro atoms. The lowest BCUT2D eigenvalue weighted by molar-refractivity contribution is -0.119. The molecule has 32 heavy (non-hydrogen) atoms. The second-order valence-electron chi connectivity index (χ2n) is 8.21. The third-order valence-corrected chi connectivity index (χ3v) is 6.06. The first kappa shape index (κ1) is 20.2. The van der Waals surface area contributed by atoms with E-state index in [0.717, 1.165) is 28.9 Å². The van der Waals surface area contributed by atoms with Gasteiger partial charge in [0.2, 0.25) is 5.91 Å². The molecule has 0 saturated carbocycles. The molecule has 3 aromatic carbocycles. The number of rotatable bonds is 6. The van der Waals surface area contributed by atoms with Crippen LogP contribution in [0.15, 0.2) is 85.3 Å². The Hall–Kier alpha value is -3.73. The fourth-order valence-electron chi connectivity index (χ4n) is 4.38. The van der Waals surface area contributed by atoms with E-state index in [1.54, 1.807) is 12.5 Å². The number of para-hydroxylation sites is 1. The molecule has 0 aromatic heterocycles. The number of hydrogen-bond donors (Lipinski definition) is 0. The van der Waals surface area contributed by atoms with Crippen molar-refractivity contribution in [1.29, 1.82) is 0 Å². The van der Waals surface area contributed by atoms with Gasteiger partial charge in [0.25, 0.3) is 6.29 Å². The first-order valence-corrected chi connectivity index (χ1v) is 10.9. The van der Waals surface area contributed by atoms with Crippen LogP contribution in [-0.2, 0) is 33.8 Å². The molecule has 0 atom stereocenters. The summed E-state index contributed by atoms with van der Waals surface area (Å²) >= 11 is 0. The third kappa shape index (κ3) is 4.06. The highest BCUT2D eigenvalue weighted by Gasteiger charge is 2.29. The van der Waals surface area contributed by atoms with Crippen LogP contribution in [-0.4, -0.2) is 13.0 Å². The number of hydrogen-bond acceptors (Lipinski definition) is 4. The number of ether oxygens (including phenoxy) is 2. The van der Waals surface area contributed by atoms with Gasteiger partial charge in [-0.2, -0.15) is 0 Å². The molecule has 0 N–H and O–H groups in total. The summed E-state index contributed by atoms with van der Waals surface area (Å²) in [5.41, 5.74) is 6.60. The molecule has 0 saturated heterocycles. The molecular weight excluding hydrogens is 400 g/mol. The zero-order valence-electron chi connectivity index (χ0n) is 18.1. The lowest BCUT2D eigenvalue weighted by Gasteiger charge is -2.31. The van der Waals surface area contributed by atoms with E-state index in [-0.39, 0.29) is 5.91 Å². The van der Waals surface area contributed by atoms with Gasteiger partial charge in [-0.1, -0.05) is 54.6 Å². The lowest BCUT2D eigenvalue weighted by atomic mass is 9.95. The van der Waals surface area contributed by atoms with Gasteiger partial charge in [0.05, 0.1) is 6.54 Å². The number of amides is 1. The van der Waals surface area contributed by atoms with Gasteiger partial charge in [-0.05, 0) is 41.3 Å². The van der Waals surface area contributed by atoms with Crippen molar-refractivity contribution in [2.24, 2.45) is 0 Å². The van der Waals surface area contributed by atoms with Crippen molar-refractivity contribution in [3.05, 3.63) is 108 Å². The van der Waals surface area contributed by atoms with E-state index in [1.807, 2.05) is 29.2 Å². The summed E-state index contributed by atoms with van der Waals surface area (Å²) in [5.74, 6) is 0.147. The van der Waals surface area contributed by atoms with Crippen molar-refractivity contribution >= 4 is 17.3 Å². The van der Waals surface area contributed by atoms with Gasteiger partial charge >= 0.3 is 0 Å². The maximum atomic E-state index is 12.8. The van der Waals surface area contributed by atoms with Gasteiger partial charge in [-0.15, -0.1) is 0 Å². The molecule has 0 aliphatic carbocycles. The first-order valence-electron chi connectivity index (χ1n) is 10.9. The Morgan fingerprint density at radius 2 is 1.59 bits per heavy atom. The Bertz CT molecular complexity index is 1120. The second-order valence-corrected chi connectivity index (χ2v) is 8.21. The molecule has 3 aromatic rings. The molecule has 5 heteroatoms. The van der Waals surface area contributed by atoms with Gasteiger partial charge < -0.3 is 19.3 Å². The van der Waals surface area contributed by atoms with E-state index in [9.17, 15) is 4.79 Å². The van der Waals surface area contributed by atoms with Crippen LogP contribution in [0.25, 0.3) is 0 Å². The third-order valence-electron chi connectivity index (χ3n) is 6.06. The highest BCUT2D eigenvalue weighted by atomic mass is 16.7. The van der Waals surface area contributed by atoms with Crippen LogP contribution in [0.4, 0.5) is 11.4 Å². The van der Waals surface area contributed by atoms with E-state index < -0.39 is 6.29 Å². The van der Waals surface area contributed by atoms with Crippen LogP contribution in [0, 0.1) is 0 Å². The highest BCUT2D eigenvalue weighted by Crippen LogP contribution is 2.37. The number of carbonyl (C=O) groups is 1. The van der Waals surface area contributed by atoms with Gasteiger partial charge in [0, 0.05) is 37.0 Å². The summed E-state index contributed by atoms with van der Waals surface area (Å²) in [5, 5.41) is 0. The van der Waals surface area contributed by atoms with Crippen molar-refractivity contribution in [1.82, 2.24) is 0 Å². The summed E-state index contributed by atoms with van der Waals surface area (Å²) < 4.78 is 11.1. The Kier molecular flexibility index (Phi) is 5.55. The summed E-state index contributed by atoms with van der Waals surface area (Å²) in [4.78, 5) is 16.9. The van der Waals surface area contributed by atoms with Crippen LogP contribution >= 0.6 is 0 Å². The molecule has 5 rings (SSSR count). The number of carbonyl (C=O) groups excluding carboxylic acids is 1. The monoisotopic (exact) mass is 426 g/mol. The van der Waals surface area contributed by atoms with Crippen LogP contribution in [0.3, 0.4) is 0 Å². The first-order chi connectivity index (χ1) is 15.7. The van der Waals surface area contributed by atoms with Gasteiger partial charge in [-0.25, -0.2) is 0 Å². The van der Waals surface area contributed by atoms with E-state index in [4.69, 9.17) is 9.47 Å². The summed E-state index contributed by atoms with van der Waals surface area (Å²) in [6, 6.07) is 24.9. The summed E-state index contributed by atoms with van der Waals surface area (Å²) in [6.45, 7) is 1.38. The zero-order chi connectivity index (χ0) is 21.9. The maximum absolute atomic E-state index is 12.8. The number of fused-ring (bicyclic) bond motifs is 1. The molecule has 162 valence electrons. The fourth-order valence-corrected chi connectivity index (χ4v) is 4.38. The predicted molar refractivity (Wildman–Crippen MR) is 125 cm³/mol. The molecule has 5 nitrogen and oxygen atoms in total. The molecule has 0 bridgehead atoms. The lowest BCUT2D eigenvalue weighted by Crippen LogP contribution is -2.35. The van der Waals surface area contributed by atoms with E-state index in [2.05, 4.69) is 60.5 Å².